The lowest BCUT2D eigenvalue weighted by molar-refractivity contribution is -0.117. The van der Waals surface area contributed by atoms with Crippen LogP contribution in [-0.2, 0) is 16.6 Å². The molecule has 0 unspecified atom stereocenters. The number of hydrogen-bond acceptors (Lipinski definition) is 4. The minimum absolute atomic E-state index is 0.155. The number of carbonyl (C=O) groups excluding carboxylic acids is 2. The Labute approximate surface area is 120 Å². The molecule has 1 amide bonds. The van der Waals surface area contributed by atoms with Gasteiger partial charge in [0.2, 0.25) is 5.91 Å². The molecule has 106 valence electrons. The van der Waals surface area contributed by atoms with Crippen LogP contribution in [0.2, 0.25) is 0 Å². The van der Waals surface area contributed by atoms with Gasteiger partial charge in [-0.3, -0.25) is 4.79 Å². The highest BCUT2D eigenvalue weighted by molar-refractivity contribution is 7.16. The van der Waals surface area contributed by atoms with Crippen LogP contribution in [-0.4, -0.2) is 23.1 Å². The molecule has 0 saturated heterocycles. The monoisotopic (exact) mass is 292 g/mol. The van der Waals surface area contributed by atoms with Gasteiger partial charge in [-0.2, -0.15) is 4.99 Å². The Morgan fingerprint density at radius 1 is 1.35 bits per heavy atom. The maximum Gasteiger partial charge on any atom is 0.338 e. The highest BCUT2D eigenvalue weighted by atomic mass is 32.1. The number of nitrogens with zero attached hydrogens (tertiary/aromatic N) is 2. The summed E-state index contributed by atoms with van der Waals surface area (Å²) < 4.78 is 7.73. The Morgan fingerprint density at radius 3 is 2.75 bits per heavy atom. The maximum absolute atomic E-state index is 11.7. The van der Waals surface area contributed by atoms with E-state index in [4.69, 9.17) is 4.74 Å². The number of rotatable bonds is 3. The predicted molar refractivity (Wildman–Crippen MR) is 77.6 cm³/mol. The van der Waals surface area contributed by atoms with Crippen molar-refractivity contribution >= 4 is 33.4 Å². The Kier molecular flexibility index (Phi) is 4.34. The Hall–Kier alpha value is -1.95. The summed E-state index contributed by atoms with van der Waals surface area (Å²) in [7, 11) is 1.85. The number of carbonyl (C=O) groups is 2. The van der Waals surface area contributed by atoms with E-state index >= 15 is 0 Å². The topological polar surface area (TPSA) is 60.7 Å². The van der Waals surface area contributed by atoms with Crippen LogP contribution >= 0.6 is 11.3 Å². The van der Waals surface area contributed by atoms with Gasteiger partial charge in [-0.25, -0.2) is 4.79 Å². The molecule has 0 radical (unpaired) electrons. The molecule has 2 aromatic rings. The van der Waals surface area contributed by atoms with Crippen LogP contribution < -0.4 is 4.80 Å². The van der Waals surface area contributed by atoms with E-state index in [0.29, 0.717) is 23.4 Å². The molecule has 0 saturated carbocycles. The number of ether oxygens (including phenoxy) is 1. The third-order valence-corrected chi connectivity index (χ3v) is 3.94. The lowest BCUT2D eigenvalue weighted by atomic mass is 10.2. The molecule has 1 aromatic heterocycles. The lowest BCUT2D eigenvalue weighted by Crippen LogP contribution is -2.12. The van der Waals surface area contributed by atoms with Crippen molar-refractivity contribution in [3.8, 4) is 0 Å². The molecule has 0 bridgehead atoms. The molecular formula is C14H16N2O3S. The quantitative estimate of drug-likeness (QED) is 0.815. The first-order valence-corrected chi connectivity index (χ1v) is 7.22. The van der Waals surface area contributed by atoms with Gasteiger partial charge in [0.15, 0.2) is 4.80 Å². The molecule has 0 N–H and O–H groups in total. The number of thiazole rings is 1. The van der Waals surface area contributed by atoms with Crippen molar-refractivity contribution in [3.63, 3.8) is 0 Å². The standard InChI is InChI=1S/C14H16N2O3S/c1-4-12(17)15-14-16(3)10-7-6-9(8-11(10)20-14)13(18)19-5-2/h6-8H,4-5H2,1-3H3. The summed E-state index contributed by atoms with van der Waals surface area (Å²) in [5, 5.41) is 0. The van der Waals surface area contributed by atoms with Gasteiger partial charge in [-0.15, -0.1) is 0 Å². The van der Waals surface area contributed by atoms with E-state index in [1.165, 1.54) is 11.3 Å². The Bertz CT molecular complexity index is 728. The molecule has 6 heteroatoms. The third-order valence-electron chi connectivity index (χ3n) is 2.84. The highest BCUT2D eigenvalue weighted by Gasteiger charge is 2.10. The number of esters is 1. The Morgan fingerprint density at radius 2 is 2.10 bits per heavy atom. The first kappa shape index (κ1) is 14.5. The molecule has 1 heterocycles. The number of hydrogen-bond donors (Lipinski definition) is 0. The van der Waals surface area contributed by atoms with Gasteiger partial charge in [0.05, 0.1) is 22.4 Å². The van der Waals surface area contributed by atoms with Crippen molar-refractivity contribution in [1.82, 2.24) is 4.57 Å². The highest BCUT2D eigenvalue weighted by Crippen LogP contribution is 2.19. The average Bonchev–Trinajstić information content (AvgIpc) is 2.75. The minimum Gasteiger partial charge on any atom is -0.462 e. The third kappa shape index (κ3) is 2.80. The van der Waals surface area contributed by atoms with Crippen LogP contribution in [0.5, 0.6) is 0 Å². The largest absolute Gasteiger partial charge is 0.462 e. The van der Waals surface area contributed by atoms with E-state index in [0.717, 1.165) is 10.2 Å². The summed E-state index contributed by atoms with van der Waals surface area (Å²) in [6.07, 6.45) is 0.377. The normalized spacial score (nSPS) is 11.8. The van der Waals surface area contributed by atoms with E-state index in [-0.39, 0.29) is 11.9 Å². The molecule has 0 spiro atoms. The van der Waals surface area contributed by atoms with Crippen molar-refractivity contribution in [2.75, 3.05) is 6.61 Å². The predicted octanol–water partition coefficient (Wildman–Crippen LogP) is 2.25. The molecule has 0 aliphatic heterocycles. The summed E-state index contributed by atoms with van der Waals surface area (Å²) in [5.74, 6) is -0.494. The summed E-state index contributed by atoms with van der Waals surface area (Å²) in [4.78, 5) is 27.8. The molecular weight excluding hydrogens is 276 g/mol. The van der Waals surface area contributed by atoms with Gasteiger partial charge >= 0.3 is 5.97 Å². The van der Waals surface area contributed by atoms with Gasteiger partial charge in [-0.05, 0) is 25.1 Å². The van der Waals surface area contributed by atoms with Crippen molar-refractivity contribution in [1.29, 1.82) is 0 Å². The Balaban J connectivity index is 2.52. The fourth-order valence-corrected chi connectivity index (χ4v) is 2.84. The second kappa shape index (κ2) is 6.00. The van der Waals surface area contributed by atoms with Crippen LogP contribution in [0.25, 0.3) is 10.2 Å². The van der Waals surface area contributed by atoms with E-state index in [2.05, 4.69) is 4.99 Å². The van der Waals surface area contributed by atoms with E-state index in [1.807, 2.05) is 17.7 Å². The van der Waals surface area contributed by atoms with Crippen LogP contribution in [0.4, 0.5) is 0 Å². The van der Waals surface area contributed by atoms with Crippen LogP contribution in [0.15, 0.2) is 23.2 Å². The van der Waals surface area contributed by atoms with Crippen molar-refractivity contribution < 1.29 is 14.3 Å². The minimum atomic E-state index is -0.339. The summed E-state index contributed by atoms with van der Waals surface area (Å²) in [6.45, 7) is 3.90. The fraction of sp³-hybridized carbons (Fsp3) is 0.357. The first-order chi connectivity index (χ1) is 9.56. The molecule has 0 aliphatic rings. The molecule has 2 rings (SSSR count). The van der Waals surface area contributed by atoms with Crippen molar-refractivity contribution in [2.24, 2.45) is 12.0 Å². The first-order valence-electron chi connectivity index (χ1n) is 6.41. The second-order valence-electron chi connectivity index (χ2n) is 4.21. The van der Waals surface area contributed by atoms with Crippen LogP contribution in [0.1, 0.15) is 30.6 Å². The summed E-state index contributed by atoms with van der Waals surface area (Å²) in [6, 6.07) is 5.33. The zero-order chi connectivity index (χ0) is 14.7. The zero-order valence-electron chi connectivity index (χ0n) is 11.7. The molecule has 5 nitrogen and oxygen atoms in total. The van der Waals surface area contributed by atoms with Crippen molar-refractivity contribution in [2.45, 2.75) is 20.3 Å². The van der Waals surface area contributed by atoms with Crippen LogP contribution in [0, 0.1) is 0 Å². The molecule has 20 heavy (non-hydrogen) atoms. The number of aryl methyl sites for hydroxylation is 1. The molecule has 1 aromatic carbocycles. The van der Waals surface area contributed by atoms with Gasteiger partial charge in [-0.1, -0.05) is 18.3 Å². The fourth-order valence-electron chi connectivity index (χ4n) is 1.77. The zero-order valence-corrected chi connectivity index (χ0v) is 12.5. The van der Waals surface area contributed by atoms with Gasteiger partial charge in [0, 0.05) is 13.5 Å². The number of amides is 1. The SMILES string of the molecule is CCOC(=O)c1ccc2c(c1)sc(=NC(=O)CC)n2C. The lowest BCUT2D eigenvalue weighted by Gasteiger charge is -2.01. The average molecular weight is 292 g/mol. The van der Waals surface area contributed by atoms with E-state index < -0.39 is 0 Å². The number of aromatic nitrogens is 1. The molecule has 0 aliphatic carbocycles. The van der Waals surface area contributed by atoms with E-state index in [9.17, 15) is 9.59 Å². The van der Waals surface area contributed by atoms with Gasteiger partial charge in [0.1, 0.15) is 0 Å². The summed E-state index contributed by atoms with van der Waals surface area (Å²) >= 11 is 1.38. The maximum atomic E-state index is 11.7. The van der Waals surface area contributed by atoms with Gasteiger partial charge in [0.25, 0.3) is 0 Å². The van der Waals surface area contributed by atoms with E-state index in [1.54, 1.807) is 26.0 Å². The van der Waals surface area contributed by atoms with Gasteiger partial charge < -0.3 is 9.30 Å². The smallest absolute Gasteiger partial charge is 0.338 e. The molecule has 0 fully saturated rings. The number of fused-ring (bicyclic) bond motifs is 1. The number of benzene rings is 1. The van der Waals surface area contributed by atoms with Crippen LogP contribution in [0.3, 0.4) is 0 Å². The van der Waals surface area contributed by atoms with Crippen molar-refractivity contribution in [3.05, 3.63) is 28.6 Å². The second-order valence-corrected chi connectivity index (χ2v) is 5.21. The molecule has 0 atom stereocenters. The summed E-state index contributed by atoms with van der Waals surface area (Å²) in [5.41, 5.74) is 1.44.